The van der Waals surface area contributed by atoms with Crippen LogP contribution in [0.5, 0.6) is 0 Å². The van der Waals surface area contributed by atoms with E-state index in [2.05, 4.69) is 35.9 Å². The predicted octanol–water partition coefficient (Wildman–Crippen LogP) is 2.17. The van der Waals surface area contributed by atoms with Crippen molar-refractivity contribution in [3.8, 4) is 11.3 Å². The summed E-state index contributed by atoms with van der Waals surface area (Å²) in [7, 11) is 0. The molecule has 2 aromatic heterocycles. The fourth-order valence-electron chi connectivity index (χ4n) is 1.85. The minimum atomic E-state index is 0.426. The number of imidazole rings is 2. The van der Waals surface area contributed by atoms with E-state index in [1.165, 1.54) is 0 Å². The molecule has 0 bridgehead atoms. The summed E-state index contributed by atoms with van der Waals surface area (Å²) in [6.45, 7) is 0.426. The molecule has 3 rings (SSSR count). The molecule has 0 radical (unpaired) electrons. The van der Waals surface area contributed by atoms with Crippen molar-refractivity contribution in [1.29, 1.82) is 0 Å². The molecule has 0 spiro atoms. The molecular weight excluding hydrogens is 282 g/mol. The number of rotatable bonds is 2. The molecule has 0 saturated carbocycles. The fraction of sp³-hybridized carbons (Fsp3) is 0.0909. The number of nitrogens with one attached hydrogen (secondary N) is 2. The van der Waals surface area contributed by atoms with Gasteiger partial charge in [0.1, 0.15) is 0 Å². The molecule has 0 aliphatic heterocycles. The maximum atomic E-state index is 5.68. The summed E-state index contributed by atoms with van der Waals surface area (Å²) < 4.78 is 0.692. The number of nitrogens with zero attached hydrogens (tertiary/aromatic N) is 2. The zero-order valence-electron chi connectivity index (χ0n) is 8.87. The molecule has 1 aromatic carbocycles. The Bertz CT molecular complexity index is 669. The molecule has 0 aliphatic rings. The van der Waals surface area contributed by atoms with E-state index in [1.54, 1.807) is 6.33 Å². The Hall–Kier alpha value is -1.66. The molecule has 5 nitrogen and oxygen atoms in total. The summed E-state index contributed by atoms with van der Waals surface area (Å²) in [6, 6.07) is 5.97. The molecular formula is C11H10BrN5. The Kier molecular flexibility index (Phi) is 2.45. The standard InChI is InChI=1S/C11H10BrN5/c12-11-16-9(4-13)10(17-11)6-1-2-7-8(3-6)15-5-14-7/h1-3,5H,4,13H2,(H,14,15)(H,16,17). The van der Waals surface area contributed by atoms with Crippen LogP contribution in [0.15, 0.2) is 29.3 Å². The lowest BCUT2D eigenvalue weighted by atomic mass is 10.1. The van der Waals surface area contributed by atoms with E-state index in [0.29, 0.717) is 11.3 Å². The highest BCUT2D eigenvalue weighted by atomic mass is 79.9. The summed E-state index contributed by atoms with van der Waals surface area (Å²) in [4.78, 5) is 14.7. The maximum absolute atomic E-state index is 5.68. The van der Waals surface area contributed by atoms with E-state index in [9.17, 15) is 0 Å². The summed E-state index contributed by atoms with van der Waals surface area (Å²) in [5.41, 5.74) is 10.4. The van der Waals surface area contributed by atoms with Crippen molar-refractivity contribution in [2.24, 2.45) is 5.73 Å². The van der Waals surface area contributed by atoms with Crippen molar-refractivity contribution >= 4 is 27.0 Å². The molecule has 2 heterocycles. The minimum absolute atomic E-state index is 0.426. The third-order valence-electron chi connectivity index (χ3n) is 2.65. The van der Waals surface area contributed by atoms with Gasteiger partial charge in [0.05, 0.1) is 28.7 Å². The molecule has 0 atom stereocenters. The van der Waals surface area contributed by atoms with Gasteiger partial charge in [0, 0.05) is 12.1 Å². The van der Waals surface area contributed by atoms with Gasteiger partial charge in [-0.05, 0) is 28.1 Å². The SMILES string of the molecule is NCc1[nH]c(Br)nc1-c1ccc2nc[nH]c2c1. The van der Waals surface area contributed by atoms with E-state index in [1.807, 2.05) is 18.2 Å². The maximum Gasteiger partial charge on any atom is 0.175 e. The number of fused-ring (bicyclic) bond motifs is 1. The van der Waals surface area contributed by atoms with Gasteiger partial charge < -0.3 is 15.7 Å². The van der Waals surface area contributed by atoms with Crippen LogP contribution < -0.4 is 5.73 Å². The molecule has 0 amide bonds. The van der Waals surface area contributed by atoms with Crippen molar-refractivity contribution < 1.29 is 0 Å². The first-order valence-electron chi connectivity index (χ1n) is 5.16. The lowest BCUT2D eigenvalue weighted by Gasteiger charge is -2.00. The lowest BCUT2D eigenvalue weighted by molar-refractivity contribution is 1.01. The minimum Gasteiger partial charge on any atom is -0.345 e. The van der Waals surface area contributed by atoms with Gasteiger partial charge >= 0.3 is 0 Å². The molecule has 3 aromatic rings. The summed E-state index contributed by atoms with van der Waals surface area (Å²) in [5.74, 6) is 0. The zero-order valence-corrected chi connectivity index (χ0v) is 10.5. The number of hydrogen-bond acceptors (Lipinski definition) is 3. The number of hydrogen-bond donors (Lipinski definition) is 3. The monoisotopic (exact) mass is 291 g/mol. The van der Waals surface area contributed by atoms with Gasteiger partial charge in [0.2, 0.25) is 0 Å². The molecule has 0 fully saturated rings. The summed E-state index contributed by atoms with van der Waals surface area (Å²) in [5, 5.41) is 0. The van der Waals surface area contributed by atoms with Crippen LogP contribution in [0.2, 0.25) is 0 Å². The lowest BCUT2D eigenvalue weighted by Crippen LogP contribution is -1.98. The van der Waals surface area contributed by atoms with E-state index in [4.69, 9.17) is 5.73 Å². The van der Waals surface area contributed by atoms with Crippen LogP contribution in [0.25, 0.3) is 22.3 Å². The normalized spacial score (nSPS) is 11.2. The largest absolute Gasteiger partial charge is 0.345 e. The van der Waals surface area contributed by atoms with Gasteiger partial charge in [-0.2, -0.15) is 0 Å². The van der Waals surface area contributed by atoms with E-state index in [-0.39, 0.29) is 0 Å². The highest BCUT2D eigenvalue weighted by Crippen LogP contribution is 2.25. The zero-order chi connectivity index (χ0) is 11.8. The molecule has 0 unspecified atom stereocenters. The van der Waals surface area contributed by atoms with Crippen LogP contribution in [-0.2, 0) is 6.54 Å². The quantitative estimate of drug-likeness (QED) is 0.677. The van der Waals surface area contributed by atoms with Gasteiger partial charge in [0.15, 0.2) is 4.73 Å². The molecule has 0 saturated heterocycles. The first-order valence-corrected chi connectivity index (χ1v) is 5.95. The topological polar surface area (TPSA) is 83.4 Å². The van der Waals surface area contributed by atoms with E-state index in [0.717, 1.165) is 28.0 Å². The smallest absolute Gasteiger partial charge is 0.175 e. The fourth-order valence-corrected chi connectivity index (χ4v) is 2.26. The van der Waals surface area contributed by atoms with Gasteiger partial charge in [-0.25, -0.2) is 9.97 Å². The Morgan fingerprint density at radius 2 is 2.24 bits per heavy atom. The highest BCUT2D eigenvalue weighted by molar-refractivity contribution is 9.10. The van der Waals surface area contributed by atoms with Gasteiger partial charge in [0.25, 0.3) is 0 Å². The molecule has 4 N–H and O–H groups in total. The van der Waals surface area contributed by atoms with Gasteiger partial charge in [-0.3, -0.25) is 0 Å². The van der Waals surface area contributed by atoms with E-state index >= 15 is 0 Å². The van der Waals surface area contributed by atoms with Crippen molar-refractivity contribution in [2.45, 2.75) is 6.54 Å². The van der Waals surface area contributed by atoms with Gasteiger partial charge in [-0.15, -0.1) is 0 Å². The third-order valence-corrected chi connectivity index (χ3v) is 3.02. The Balaban J connectivity index is 2.18. The second-order valence-corrected chi connectivity index (χ2v) is 4.44. The molecule has 6 heteroatoms. The average molecular weight is 292 g/mol. The summed E-state index contributed by atoms with van der Waals surface area (Å²) in [6.07, 6.45) is 1.68. The van der Waals surface area contributed by atoms with Crippen molar-refractivity contribution in [1.82, 2.24) is 19.9 Å². The number of aromatic amines is 2. The second kappa shape index (κ2) is 3.97. The van der Waals surface area contributed by atoms with Crippen LogP contribution in [0.1, 0.15) is 5.69 Å². The summed E-state index contributed by atoms with van der Waals surface area (Å²) >= 11 is 3.32. The Morgan fingerprint density at radius 1 is 1.35 bits per heavy atom. The molecule has 0 aliphatic carbocycles. The number of benzene rings is 1. The number of aromatic nitrogens is 4. The van der Waals surface area contributed by atoms with Crippen LogP contribution in [0, 0.1) is 0 Å². The van der Waals surface area contributed by atoms with Crippen LogP contribution in [0.3, 0.4) is 0 Å². The van der Waals surface area contributed by atoms with Crippen molar-refractivity contribution in [3.63, 3.8) is 0 Å². The average Bonchev–Trinajstić information content (AvgIpc) is 2.93. The highest BCUT2D eigenvalue weighted by Gasteiger charge is 2.10. The number of nitrogens with two attached hydrogens (primary N) is 1. The first kappa shape index (κ1) is 10.5. The van der Waals surface area contributed by atoms with Crippen molar-refractivity contribution in [3.05, 3.63) is 35.0 Å². The van der Waals surface area contributed by atoms with Crippen LogP contribution in [0.4, 0.5) is 0 Å². The van der Waals surface area contributed by atoms with Crippen molar-refractivity contribution in [2.75, 3.05) is 0 Å². The third kappa shape index (κ3) is 1.75. The van der Waals surface area contributed by atoms with Crippen LogP contribution in [-0.4, -0.2) is 19.9 Å². The van der Waals surface area contributed by atoms with Crippen LogP contribution >= 0.6 is 15.9 Å². The number of halogens is 1. The van der Waals surface area contributed by atoms with E-state index < -0.39 is 0 Å². The number of H-pyrrole nitrogens is 2. The second-order valence-electron chi connectivity index (χ2n) is 3.69. The van der Waals surface area contributed by atoms with Gasteiger partial charge in [-0.1, -0.05) is 6.07 Å². The molecule has 86 valence electrons. The Morgan fingerprint density at radius 3 is 3.06 bits per heavy atom. The predicted molar refractivity (Wildman–Crippen MR) is 69.3 cm³/mol. The first-order chi connectivity index (χ1) is 8.28. The molecule has 17 heavy (non-hydrogen) atoms. The Labute approximate surface area is 106 Å².